The molecule has 94 valence electrons. The van der Waals surface area contributed by atoms with Gasteiger partial charge in [0.2, 0.25) is 0 Å². The van der Waals surface area contributed by atoms with E-state index in [1.807, 2.05) is 0 Å². The van der Waals surface area contributed by atoms with Crippen LogP contribution in [0.1, 0.15) is 36.7 Å². The zero-order chi connectivity index (χ0) is 13.4. The molecule has 0 radical (unpaired) electrons. The van der Waals surface area contributed by atoms with Crippen molar-refractivity contribution in [1.29, 1.82) is 0 Å². The lowest BCUT2D eigenvalue weighted by molar-refractivity contribution is 0.00643. The summed E-state index contributed by atoms with van der Waals surface area (Å²) in [4.78, 5) is 11.6. The molecule has 0 bridgehead atoms. The van der Waals surface area contributed by atoms with Gasteiger partial charge in [-0.15, -0.1) is 0 Å². The average Bonchev–Trinajstić information content (AvgIpc) is 2.17. The van der Waals surface area contributed by atoms with E-state index in [0.29, 0.717) is 0 Å². The minimum absolute atomic E-state index is 0.0187. The lowest BCUT2D eigenvalue weighted by Gasteiger charge is -2.20. The Labute approximate surface area is 98.6 Å². The Kier molecular flexibility index (Phi) is 3.40. The lowest BCUT2D eigenvalue weighted by Crippen LogP contribution is -2.25. The summed E-state index contributed by atoms with van der Waals surface area (Å²) >= 11 is 0. The molecular formula is C12H15F2NO2. The van der Waals surface area contributed by atoms with E-state index in [0.717, 1.165) is 6.07 Å². The molecule has 0 atom stereocenters. The van der Waals surface area contributed by atoms with Gasteiger partial charge in [0.1, 0.15) is 17.0 Å². The molecule has 1 aromatic carbocycles. The first kappa shape index (κ1) is 13.4. The van der Waals surface area contributed by atoms with Crippen LogP contribution in [-0.4, -0.2) is 11.6 Å². The van der Waals surface area contributed by atoms with E-state index in [-0.39, 0.29) is 11.3 Å². The van der Waals surface area contributed by atoms with Gasteiger partial charge in [0, 0.05) is 5.56 Å². The minimum Gasteiger partial charge on any atom is -0.456 e. The van der Waals surface area contributed by atoms with Gasteiger partial charge < -0.3 is 10.5 Å². The molecule has 3 nitrogen and oxygen atoms in total. The Morgan fingerprint density at radius 2 is 1.88 bits per heavy atom. The number of halogens is 2. The highest BCUT2D eigenvalue weighted by Crippen LogP contribution is 2.24. The molecule has 0 amide bonds. The molecule has 0 unspecified atom stereocenters. The number of carbonyl (C=O) groups is 1. The molecule has 0 aliphatic rings. The van der Waals surface area contributed by atoms with Crippen molar-refractivity contribution in [2.24, 2.45) is 0 Å². The lowest BCUT2D eigenvalue weighted by atomic mass is 10.1. The maximum Gasteiger partial charge on any atom is 0.341 e. The van der Waals surface area contributed by atoms with Gasteiger partial charge in [-0.05, 0) is 33.8 Å². The fraction of sp³-hybridized carbons (Fsp3) is 0.417. The summed E-state index contributed by atoms with van der Waals surface area (Å²) in [5, 5.41) is 0. The predicted molar refractivity (Wildman–Crippen MR) is 60.7 cm³/mol. The minimum atomic E-state index is -0.946. The quantitative estimate of drug-likeness (QED) is 0.609. The summed E-state index contributed by atoms with van der Waals surface area (Å²) in [5.74, 6) is -2.61. The van der Waals surface area contributed by atoms with Gasteiger partial charge in [0.05, 0.1) is 5.69 Å². The summed E-state index contributed by atoms with van der Waals surface area (Å²) < 4.78 is 32.0. The van der Waals surface area contributed by atoms with Gasteiger partial charge in [-0.25, -0.2) is 13.6 Å². The van der Waals surface area contributed by atoms with Crippen molar-refractivity contribution in [2.75, 3.05) is 5.73 Å². The zero-order valence-electron chi connectivity index (χ0n) is 10.2. The molecule has 17 heavy (non-hydrogen) atoms. The van der Waals surface area contributed by atoms with Gasteiger partial charge in [0.15, 0.2) is 5.82 Å². The number of anilines is 1. The monoisotopic (exact) mass is 243 g/mol. The third-order valence-electron chi connectivity index (χ3n) is 2.13. The van der Waals surface area contributed by atoms with Crippen molar-refractivity contribution in [3.05, 3.63) is 28.8 Å². The van der Waals surface area contributed by atoms with Crippen molar-refractivity contribution in [3.63, 3.8) is 0 Å². The van der Waals surface area contributed by atoms with E-state index < -0.39 is 28.8 Å². The van der Waals surface area contributed by atoms with E-state index in [1.165, 1.54) is 6.92 Å². The maximum atomic E-state index is 13.7. The van der Waals surface area contributed by atoms with E-state index in [2.05, 4.69) is 0 Å². The number of esters is 1. The van der Waals surface area contributed by atoms with Crippen molar-refractivity contribution >= 4 is 11.7 Å². The standard InChI is InChI=1S/C12H15F2NO2/c1-6-8(13)5-7(9(14)10(6)15)11(16)17-12(2,3)4/h5H,15H2,1-4H3. The van der Waals surface area contributed by atoms with Gasteiger partial charge in [0.25, 0.3) is 0 Å². The maximum absolute atomic E-state index is 13.7. The molecule has 0 fully saturated rings. The molecule has 1 rings (SSSR count). The second kappa shape index (κ2) is 4.31. The number of nitrogens with two attached hydrogens (primary N) is 1. The number of hydrogen-bond acceptors (Lipinski definition) is 3. The fourth-order valence-electron chi connectivity index (χ4n) is 1.22. The first-order valence-electron chi connectivity index (χ1n) is 5.11. The van der Waals surface area contributed by atoms with Crippen LogP contribution in [0.3, 0.4) is 0 Å². The van der Waals surface area contributed by atoms with Crippen molar-refractivity contribution in [2.45, 2.75) is 33.3 Å². The van der Waals surface area contributed by atoms with Crippen LogP contribution in [0.15, 0.2) is 6.07 Å². The molecule has 5 heteroatoms. The Hall–Kier alpha value is -1.65. The van der Waals surface area contributed by atoms with Crippen molar-refractivity contribution in [1.82, 2.24) is 0 Å². The molecule has 0 saturated carbocycles. The first-order chi connectivity index (χ1) is 7.63. The van der Waals surface area contributed by atoms with Gasteiger partial charge in [-0.1, -0.05) is 0 Å². The van der Waals surface area contributed by atoms with Crippen LogP contribution in [0.2, 0.25) is 0 Å². The van der Waals surface area contributed by atoms with Crippen LogP contribution in [0.4, 0.5) is 14.5 Å². The van der Waals surface area contributed by atoms with E-state index in [9.17, 15) is 13.6 Å². The van der Waals surface area contributed by atoms with E-state index in [1.54, 1.807) is 20.8 Å². The summed E-state index contributed by atoms with van der Waals surface area (Å²) in [6.45, 7) is 6.25. The summed E-state index contributed by atoms with van der Waals surface area (Å²) in [6, 6.07) is 0.801. The smallest absolute Gasteiger partial charge is 0.341 e. The fourth-order valence-corrected chi connectivity index (χ4v) is 1.22. The Morgan fingerprint density at radius 3 is 2.35 bits per heavy atom. The molecule has 2 N–H and O–H groups in total. The molecule has 0 saturated heterocycles. The van der Waals surface area contributed by atoms with E-state index in [4.69, 9.17) is 10.5 Å². The molecule has 0 aliphatic heterocycles. The molecule has 0 spiro atoms. The number of nitrogen functional groups attached to an aromatic ring is 1. The second-order valence-electron chi connectivity index (χ2n) is 4.76. The highest BCUT2D eigenvalue weighted by Gasteiger charge is 2.24. The van der Waals surface area contributed by atoms with Gasteiger partial charge in [-0.2, -0.15) is 0 Å². The van der Waals surface area contributed by atoms with Crippen LogP contribution < -0.4 is 5.73 Å². The highest BCUT2D eigenvalue weighted by molar-refractivity contribution is 5.91. The van der Waals surface area contributed by atoms with Crippen LogP contribution in [0.5, 0.6) is 0 Å². The summed E-state index contributed by atoms with van der Waals surface area (Å²) in [7, 11) is 0. The SMILES string of the molecule is Cc1c(F)cc(C(=O)OC(C)(C)C)c(F)c1N. The highest BCUT2D eigenvalue weighted by atomic mass is 19.1. The van der Waals surface area contributed by atoms with E-state index >= 15 is 0 Å². The molecule has 0 heterocycles. The van der Waals surface area contributed by atoms with Crippen LogP contribution >= 0.6 is 0 Å². The topological polar surface area (TPSA) is 52.3 Å². The third-order valence-corrected chi connectivity index (χ3v) is 2.13. The van der Waals surface area contributed by atoms with Crippen LogP contribution in [0, 0.1) is 18.6 Å². The summed E-state index contributed by atoms with van der Waals surface area (Å²) in [6.07, 6.45) is 0. The molecule has 1 aromatic rings. The zero-order valence-corrected chi connectivity index (χ0v) is 10.2. The van der Waals surface area contributed by atoms with Crippen LogP contribution in [0.25, 0.3) is 0 Å². The third kappa shape index (κ3) is 2.93. The number of carbonyl (C=O) groups excluding carboxylic acids is 1. The van der Waals surface area contributed by atoms with Gasteiger partial charge >= 0.3 is 5.97 Å². The van der Waals surface area contributed by atoms with Crippen molar-refractivity contribution in [3.8, 4) is 0 Å². The summed E-state index contributed by atoms with van der Waals surface area (Å²) in [5.41, 5.74) is 3.71. The number of ether oxygens (including phenoxy) is 1. The normalized spacial score (nSPS) is 11.4. The number of hydrogen-bond donors (Lipinski definition) is 1. The van der Waals surface area contributed by atoms with Crippen LogP contribution in [-0.2, 0) is 4.74 Å². The Morgan fingerprint density at radius 1 is 1.35 bits per heavy atom. The van der Waals surface area contributed by atoms with Gasteiger partial charge in [-0.3, -0.25) is 0 Å². The average molecular weight is 243 g/mol. The number of benzene rings is 1. The number of rotatable bonds is 1. The molecule has 0 aromatic heterocycles. The Bertz CT molecular complexity index is 465. The largest absolute Gasteiger partial charge is 0.456 e. The first-order valence-corrected chi connectivity index (χ1v) is 5.11. The molecule has 0 aliphatic carbocycles. The molecular weight excluding hydrogens is 228 g/mol. The Balaban J connectivity index is 3.20. The predicted octanol–water partition coefficient (Wildman–Crippen LogP) is 2.81. The second-order valence-corrected chi connectivity index (χ2v) is 4.76. The van der Waals surface area contributed by atoms with Crippen molar-refractivity contribution < 1.29 is 18.3 Å².